The average molecular weight is 417 g/mol. The quantitative estimate of drug-likeness (QED) is 0.693. The first-order valence-corrected chi connectivity index (χ1v) is 11.4. The molecule has 0 aromatic rings. The van der Waals surface area contributed by atoms with Gasteiger partial charge in [-0.3, -0.25) is 9.59 Å². The number of rotatable bonds is 3. The Hall–Kier alpha value is -1.62. The van der Waals surface area contributed by atoms with Crippen molar-refractivity contribution in [2.75, 3.05) is 7.11 Å². The van der Waals surface area contributed by atoms with Crippen molar-refractivity contribution in [3.63, 3.8) is 0 Å². The Morgan fingerprint density at radius 1 is 1.17 bits per heavy atom. The molecule has 2 fully saturated rings. The van der Waals surface area contributed by atoms with E-state index in [-0.39, 0.29) is 34.8 Å². The zero-order valence-corrected chi connectivity index (χ0v) is 19.0. The fourth-order valence-electron chi connectivity index (χ4n) is 7.36. The van der Waals surface area contributed by atoms with Gasteiger partial charge in [-0.2, -0.15) is 0 Å². The topological polar surface area (TPSA) is 72.8 Å². The molecule has 4 aliphatic rings. The van der Waals surface area contributed by atoms with Gasteiger partial charge < -0.3 is 14.6 Å². The molecule has 4 rings (SSSR count). The Morgan fingerprint density at radius 3 is 2.57 bits per heavy atom. The van der Waals surface area contributed by atoms with E-state index in [1.54, 1.807) is 0 Å². The zero-order valence-electron chi connectivity index (χ0n) is 19.0. The number of allylic oxidation sites excluding steroid dienone is 2. The lowest BCUT2D eigenvalue weighted by atomic mass is 9.50. The van der Waals surface area contributed by atoms with Gasteiger partial charge in [0.2, 0.25) is 0 Å². The van der Waals surface area contributed by atoms with E-state index >= 15 is 0 Å². The average Bonchev–Trinajstić information content (AvgIpc) is 3.04. The number of hydrogen-bond donors (Lipinski definition) is 1. The summed E-state index contributed by atoms with van der Waals surface area (Å²) in [5, 5.41) is 11.7. The lowest BCUT2D eigenvalue weighted by molar-refractivity contribution is -0.163. The minimum atomic E-state index is -0.883. The van der Waals surface area contributed by atoms with Gasteiger partial charge in [0.25, 0.3) is 0 Å². The highest BCUT2D eigenvalue weighted by atomic mass is 16.5. The number of hydrogen-bond acceptors (Lipinski definition) is 5. The van der Waals surface area contributed by atoms with Gasteiger partial charge in [-0.15, -0.1) is 0 Å². The predicted molar refractivity (Wildman–Crippen MR) is 113 cm³/mol. The molecule has 166 valence electrons. The van der Waals surface area contributed by atoms with Crippen molar-refractivity contribution in [1.29, 1.82) is 0 Å². The first-order valence-electron chi connectivity index (χ1n) is 11.4. The number of carbonyl (C=O) groups excluding carboxylic acids is 2. The summed E-state index contributed by atoms with van der Waals surface area (Å²) in [5.74, 6) is 0.239. The molecule has 4 aliphatic carbocycles. The van der Waals surface area contributed by atoms with Gasteiger partial charge in [0.05, 0.1) is 18.6 Å². The largest absolute Gasteiger partial charge is 0.469 e. The minimum absolute atomic E-state index is 0.0453. The molecular weight excluding hydrogens is 380 g/mol. The van der Waals surface area contributed by atoms with Gasteiger partial charge in [-0.1, -0.05) is 32.9 Å². The summed E-state index contributed by atoms with van der Waals surface area (Å²) in [4.78, 5) is 23.7. The normalized spacial score (nSPS) is 43.3. The summed E-state index contributed by atoms with van der Waals surface area (Å²) in [6, 6.07) is 0. The highest BCUT2D eigenvalue weighted by molar-refractivity contribution is 5.72. The molecule has 0 heterocycles. The number of ether oxygens (including phenoxy) is 2. The van der Waals surface area contributed by atoms with E-state index in [0.717, 1.165) is 32.1 Å². The summed E-state index contributed by atoms with van der Waals surface area (Å²) >= 11 is 0. The van der Waals surface area contributed by atoms with E-state index in [0.29, 0.717) is 24.7 Å². The molecule has 5 nitrogen and oxygen atoms in total. The van der Waals surface area contributed by atoms with Gasteiger partial charge in [0.15, 0.2) is 0 Å². The van der Waals surface area contributed by atoms with E-state index in [4.69, 9.17) is 9.47 Å². The highest BCUT2D eigenvalue weighted by Crippen LogP contribution is 2.65. The van der Waals surface area contributed by atoms with Crippen LogP contribution in [0.25, 0.3) is 0 Å². The molecule has 0 unspecified atom stereocenters. The minimum Gasteiger partial charge on any atom is -0.469 e. The maximum Gasteiger partial charge on any atom is 0.308 e. The van der Waals surface area contributed by atoms with E-state index in [1.165, 1.54) is 25.2 Å². The van der Waals surface area contributed by atoms with E-state index in [2.05, 4.69) is 26.0 Å². The molecule has 0 saturated heterocycles. The lowest BCUT2D eigenvalue weighted by Crippen LogP contribution is -2.56. The Balaban J connectivity index is 1.64. The molecule has 0 bridgehead atoms. The van der Waals surface area contributed by atoms with Crippen LogP contribution in [0, 0.1) is 28.6 Å². The molecule has 5 heteroatoms. The maximum absolute atomic E-state index is 12.3. The number of carbonyl (C=O) groups is 2. The summed E-state index contributed by atoms with van der Waals surface area (Å²) in [5.41, 5.74) is 1.53. The van der Waals surface area contributed by atoms with E-state index in [1.807, 2.05) is 6.92 Å². The Kier molecular flexibility index (Phi) is 5.20. The van der Waals surface area contributed by atoms with Gasteiger partial charge in [-0.05, 0) is 66.9 Å². The van der Waals surface area contributed by atoms with Crippen LogP contribution in [0.5, 0.6) is 0 Å². The lowest BCUT2D eigenvalue weighted by Gasteiger charge is -2.57. The van der Waals surface area contributed by atoms with Crippen LogP contribution < -0.4 is 0 Å². The molecule has 2 saturated carbocycles. The third kappa shape index (κ3) is 2.99. The van der Waals surface area contributed by atoms with Crippen LogP contribution in [0.4, 0.5) is 0 Å². The number of aliphatic hydroxyl groups is 1. The Morgan fingerprint density at radius 2 is 1.90 bits per heavy atom. The van der Waals surface area contributed by atoms with Crippen molar-refractivity contribution in [1.82, 2.24) is 0 Å². The first kappa shape index (κ1) is 21.6. The summed E-state index contributed by atoms with van der Waals surface area (Å²) < 4.78 is 10.5. The Labute approximate surface area is 179 Å². The number of esters is 2. The second kappa shape index (κ2) is 7.22. The molecule has 0 aromatic carbocycles. The molecule has 0 amide bonds. The van der Waals surface area contributed by atoms with Crippen molar-refractivity contribution in [3.8, 4) is 0 Å². The van der Waals surface area contributed by atoms with Crippen LogP contribution in [-0.2, 0) is 19.1 Å². The summed E-state index contributed by atoms with van der Waals surface area (Å²) in [6.07, 6.45) is 10.1. The van der Waals surface area contributed by atoms with Crippen molar-refractivity contribution >= 4 is 11.9 Å². The van der Waals surface area contributed by atoms with Crippen molar-refractivity contribution in [2.45, 2.75) is 84.3 Å². The fourth-order valence-corrected chi connectivity index (χ4v) is 7.36. The summed E-state index contributed by atoms with van der Waals surface area (Å²) in [7, 11) is 1.48. The van der Waals surface area contributed by atoms with Crippen LogP contribution in [0.2, 0.25) is 0 Å². The van der Waals surface area contributed by atoms with Gasteiger partial charge in [-0.25, -0.2) is 0 Å². The van der Waals surface area contributed by atoms with Crippen LogP contribution >= 0.6 is 0 Å². The number of fused-ring (bicyclic) bond motifs is 5. The molecule has 1 N–H and O–H groups in total. The second-order valence-electron chi connectivity index (χ2n) is 10.6. The van der Waals surface area contributed by atoms with Gasteiger partial charge >= 0.3 is 11.9 Å². The fraction of sp³-hybridized carbons (Fsp3) is 0.760. The number of methoxy groups -OCH3 is 1. The molecular formula is C25H36O5. The first-order chi connectivity index (χ1) is 14.1. The maximum atomic E-state index is 12.3. The molecule has 30 heavy (non-hydrogen) atoms. The second-order valence-corrected chi connectivity index (χ2v) is 10.6. The van der Waals surface area contributed by atoms with Crippen LogP contribution in [0.15, 0.2) is 23.3 Å². The van der Waals surface area contributed by atoms with E-state index in [9.17, 15) is 14.7 Å². The van der Waals surface area contributed by atoms with Crippen molar-refractivity contribution < 1.29 is 24.2 Å². The van der Waals surface area contributed by atoms with E-state index < -0.39 is 5.60 Å². The Bertz CT molecular complexity index is 812. The molecule has 0 spiro atoms. The molecule has 7 atom stereocenters. The molecule has 0 aromatic heterocycles. The zero-order chi connectivity index (χ0) is 21.9. The van der Waals surface area contributed by atoms with Crippen LogP contribution in [0.3, 0.4) is 0 Å². The third-order valence-electron chi connectivity index (χ3n) is 9.16. The van der Waals surface area contributed by atoms with Gasteiger partial charge in [0, 0.05) is 18.8 Å². The molecule has 0 aliphatic heterocycles. The smallest absolute Gasteiger partial charge is 0.308 e. The van der Waals surface area contributed by atoms with Gasteiger partial charge in [0.1, 0.15) is 6.10 Å². The standard InChI is InChI=1S/C25H36O5/c1-15(22(27)29-5)19-6-7-20-18-9-13-25(28)14-17(30-16(2)26)8-12-24(25,4)21(18)10-11-23(19,20)3/h9-10,15,17,19-20,28H,6-8,11-14H2,1-5H3/t15-,17+,19-,20+,23+,24-,25+/m0/s1. The molecule has 0 radical (unpaired) electrons. The van der Waals surface area contributed by atoms with Crippen molar-refractivity contribution in [3.05, 3.63) is 23.3 Å². The summed E-state index contributed by atoms with van der Waals surface area (Å²) in [6.45, 7) is 7.98. The SMILES string of the molecule is COC(=O)[C@@H](C)[C@@H]1CC[C@@H]2C3=CC[C@@]4(O)C[C@H](OC(C)=O)CC[C@@]4(C)C3=CC[C@@]21C. The van der Waals surface area contributed by atoms with Crippen LogP contribution in [-0.4, -0.2) is 35.9 Å². The highest BCUT2D eigenvalue weighted by Gasteiger charge is 2.60. The van der Waals surface area contributed by atoms with Crippen LogP contribution in [0.1, 0.15) is 72.6 Å². The van der Waals surface area contributed by atoms with Crippen molar-refractivity contribution in [2.24, 2.45) is 28.6 Å². The predicted octanol–water partition coefficient (Wildman–Crippen LogP) is 4.34. The third-order valence-corrected chi connectivity index (χ3v) is 9.16. The monoisotopic (exact) mass is 416 g/mol.